The van der Waals surface area contributed by atoms with Crippen molar-refractivity contribution in [1.29, 1.82) is 0 Å². The van der Waals surface area contributed by atoms with Crippen molar-refractivity contribution >= 4 is 17.6 Å². The van der Waals surface area contributed by atoms with Crippen LogP contribution >= 0.6 is 11.6 Å². The fourth-order valence-corrected chi connectivity index (χ4v) is 1.23. The minimum Gasteiger partial charge on any atom is -0.481 e. The molecule has 1 heterocycles. The summed E-state index contributed by atoms with van der Waals surface area (Å²) in [5, 5.41) is 8.76. The van der Waals surface area contributed by atoms with Crippen molar-refractivity contribution in [3.63, 3.8) is 0 Å². The molecular formula is C9H11ClN2O3. The monoisotopic (exact) mass is 230 g/mol. The Bertz CT molecular complexity index is 357. The molecule has 0 saturated heterocycles. The molecule has 0 unspecified atom stereocenters. The number of carboxylic acid groups (broad SMARTS) is 1. The summed E-state index contributed by atoms with van der Waals surface area (Å²) in [5.41, 5.74) is 0.422. The predicted octanol–water partition coefficient (Wildman–Crippen LogP) is 0.946. The summed E-state index contributed by atoms with van der Waals surface area (Å²) in [4.78, 5) is 18.4. The standard InChI is InChI=1S/C9H11ClN2O3/c1-15-3-2-7-11-5-6(4-8(13)14)9(10)12-7/h5H,2-4H2,1H3,(H,13,14). The van der Waals surface area contributed by atoms with Crippen LogP contribution in [0.4, 0.5) is 0 Å². The number of ether oxygens (including phenoxy) is 1. The number of rotatable bonds is 5. The Morgan fingerprint density at radius 3 is 2.93 bits per heavy atom. The molecule has 1 rings (SSSR count). The van der Waals surface area contributed by atoms with E-state index >= 15 is 0 Å². The molecule has 0 amide bonds. The first-order valence-corrected chi connectivity index (χ1v) is 4.72. The summed E-state index contributed by atoms with van der Waals surface area (Å²) in [6.45, 7) is 0.509. The second-order valence-corrected chi connectivity index (χ2v) is 3.27. The number of halogens is 1. The van der Waals surface area contributed by atoms with E-state index in [0.717, 1.165) is 0 Å². The van der Waals surface area contributed by atoms with Crippen molar-refractivity contribution in [3.8, 4) is 0 Å². The molecular weight excluding hydrogens is 220 g/mol. The quantitative estimate of drug-likeness (QED) is 0.763. The summed E-state index contributed by atoms with van der Waals surface area (Å²) in [6, 6.07) is 0. The Hall–Kier alpha value is -1.20. The Labute approximate surface area is 92.1 Å². The van der Waals surface area contributed by atoms with Gasteiger partial charge in [-0.25, -0.2) is 9.97 Å². The molecule has 1 aromatic heterocycles. The average Bonchev–Trinajstić information content (AvgIpc) is 2.18. The van der Waals surface area contributed by atoms with Gasteiger partial charge < -0.3 is 9.84 Å². The number of carbonyl (C=O) groups is 1. The molecule has 0 saturated carbocycles. The highest BCUT2D eigenvalue weighted by molar-refractivity contribution is 6.30. The third kappa shape index (κ3) is 3.81. The summed E-state index contributed by atoms with van der Waals surface area (Å²) >= 11 is 5.80. The molecule has 6 heteroatoms. The molecule has 0 aromatic carbocycles. The minimum atomic E-state index is -0.954. The lowest BCUT2D eigenvalue weighted by Crippen LogP contribution is -2.06. The van der Waals surface area contributed by atoms with E-state index in [1.54, 1.807) is 7.11 Å². The Morgan fingerprint density at radius 1 is 1.67 bits per heavy atom. The maximum absolute atomic E-state index is 10.4. The van der Waals surface area contributed by atoms with Gasteiger partial charge in [0.1, 0.15) is 11.0 Å². The van der Waals surface area contributed by atoms with Crippen LogP contribution in [0, 0.1) is 0 Å². The van der Waals surface area contributed by atoms with E-state index in [0.29, 0.717) is 24.4 Å². The van der Waals surface area contributed by atoms with Crippen molar-refractivity contribution in [2.45, 2.75) is 12.8 Å². The Morgan fingerprint density at radius 2 is 2.40 bits per heavy atom. The van der Waals surface area contributed by atoms with E-state index in [1.807, 2.05) is 0 Å². The number of carboxylic acids is 1. The molecule has 0 bridgehead atoms. The van der Waals surface area contributed by atoms with E-state index in [2.05, 4.69) is 9.97 Å². The van der Waals surface area contributed by atoms with Gasteiger partial charge >= 0.3 is 5.97 Å². The van der Waals surface area contributed by atoms with Crippen molar-refractivity contribution < 1.29 is 14.6 Å². The van der Waals surface area contributed by atoms with E-state index in [-0.39, 0.29) is 11.6 Å². The van der Waals surface area contributed by atoms with Crippen LogP contribution in [-0.2, 0) is 22.4 Å². The summed E-state index contributed by atoms with van der Waals surface area (Å²) in [7, 11) is 1.58. The lowest BCUT2D eigenvalue weighted by molar-refractivity contribution is -0.136. The summed E-state index contributed by atoms with van der Waals surface area (Å²) < 4.78 is 4.86. The van der Waals surface area contributed by atoms with Crippen LogP contribution in [0.15, 0.2) is 6.20 Å². The SMILES string of the molecule is COCCc1ncc(CC(=O)O)c(Cl)n1. The van der Waals surface area contributed by atoms with Crippen LogP contribution in [0.2, 0.25) is 5.15 Å². The number of methoxy groups -OCH3 is 1. The van der Waals surface area contributed by atoms with Crippen LogP contribution in [0.5, 0.6) is 0 Å². The van der Waals surface area contributed by atoms with Crippen molar-refractivity contribution in [1.82, 2.24) is 9.97 Å². The largest absolute Gasteiger partial charge is 0.481 e. The third-order valence-corrected chi connectivity index (χ3v) is 2.06. The van der Waals surface area contributed by atoms with E-state index in [1.165, 1.54) is 6.20 Å². The van der Waals surface area contributed by atoms with Crippen LogP contribution in [0.25, 0.3) is 0 Å². The van der Waals surface area contributed by atoms with Crippen LogP contribution in [0.3, 0.4) is 0 Å². The maximum Gasteiger partial charge on any atom is 0.307 e. The molecule has 0 aliphatic carbocycles. The molecule has 0 aliphatic rings. The van der Waals surface area contributed by atoms with Gasteiger partial charge in [0.25, 0.3) is 0 Å². The first-order chi connectivity index (χ1) is 7.13. The molecule has 1 aromatic rings. The molecule has 0 aliphatic heterocycles. The summed E-state index contributed by atoms with van der Waals surface area (Å²) in [5.74, 6) is -0.402. The van der Waals surface area contributed by atoms with E-state index < -0.39 is 5.97 Å². The third-order valence-electron chi connectivity index (χ3n) is 1.73. The Kier molecular flexibility index (Phi) is 4.45. The van der Waals surface area contributed by atoms with Crippen LogP contribution < -0.4 is 0 Å². The molecule has 0 radical (unpaired) electrons. The molecule has 82 valence electrons. The van der Waals surface area contributed by atoms with Gasteiger partial charge in [-0.05, 0) is 0 Å². The zero-order chi connectivity index (χ0) is 11.3. The topological polar surface area (TPSA) is 72.3 Å². The number of hydrogen-bond donors (Lipinski definition) is 1. The Balaban J connectivity index is 2.74. The van der Waals surface area contributed by atoms with Crippen molar-refractivity contribution in [3.05, 3.63) is 22.7 Å². The van der Waals surface area contributed by atoms with Gasteiger partial charge in [-0.1, -0.05) is 11.6 Å². The highest BCUT2D eigenvalue weighted by atomic mass is 35.5. The zero-order valence-electron chi connectivity index (χ0n) is 8.23. The predicted molar refractivity (Wildman–Crippen MR) is 54.0 cm³/mol. The lowest BCUT2D eigenvalue weighted by Gasteiger charge is -2.03. The second-order valence-electron chi connectivity index (χ2n) is 2.92. The van der Waals surface area contributed by atoms with Crippen molar-refractivity contribution in [2.75, 3.05) is 13.7 Å². The first-order valence-electron chi connectivity index (χ1n) is 4.34. The zero-order valence-corrected chi connectivity index (χ0v) is 8.99. The molecule has 5 nitrogen and oxygen atoms in total. The molecule has 0 atom stereocenters. The van der Waals surface area contributed by atoms with Gasteiger partial charge in [0.05, 0.1) is 13.0 Å². The number of hydrogen-bond acceptors (Lipinski definition) is 4. The van der Waals surface area contributed by atoms with Gasteiger partial charge in [0.2, 0.25) is 0 Å². The average molecular weight is 231 g/mol. The van der Waals surface area contributed by atoms with Crippen molar-refractivity contribution in [2.24, 2.45) is 0 Å². The van der Waals surface area contributed by atoms with E-state index in [4.69, 9.17) is 21.4 Å². The van der Waals surface area contributed by atoms with Gasteiger partial charge in [0, 0.05) is 25.3 Å². The normalized spacial score (nSPS) is 10.3. The van der Waals surface area contributed by atoms with Crippen LogP contribution in [0.1, 0.15) is 11.4 Å². The second kappa shape index (κ2) is 5.63. The summed E-state index contributed by atoms with van der Waals surface area (Å²) in [6.07, 6.45) is 1.83. The van der Waals surface area contributed by atoms with Gasteiger partial charge in [-0.15, -0.1) is 0 Å². The first kappa shape index (κ1) is 11.9. The fourth-order valence-electron chi connectivity index (χ4n) is 1.01. The fraction of sp³-hybridized carbons (Fsp3) is 0.444. The molecule has 0 fully saturated rings. The maximum atomic E-state index is 10.4. The molecule has 1 N–H and O–H groups in total. The van der Waals surface area contributed by atoms with Gasteiger partial charge in [-0.2, -0.15) is 0 Å². The highest BCUT2D eigenvalue weighted by Crippen LogP contribution is 2.12. The molecule has 0 spiro atoms. The highest BCUT2D eigenvalue weighted by Gasteiger charge is 2.08. The van der Waals surface area contributed by atoms with Crippen LogP contribution in [-0.4, -0.2) is 34.8 Å². The minimum absolute atomic E-state index is 0.163. The smallest absolute Gasteiger partial charge is 0.307 e. The number of aromatic nitrogens is 2. The number of nitrogens with zero attached hydrogens (tertiary/aromatic N) is 2. The van der Waals surface area contributed by atoms with E-state index in [9.17, 15) is 4.79 Å². The van der Waals surface area contributed by atoms with Gasteiger partial charge in [0.15, 0.2) is 0 Å². The molecule has 15 heavy (non-hydrogen) atoms. The van der Waals surface area contributed by atoms with Gasteiger partial charge in [-0.3, -0.25) is 4.79 Å². The number of aliphatic carboxylic acids is 1. The lowest BCUT2D eigenvalue weighted by atomic mass is 10.2.